The highest BCUT2D eigenvalue weighted by Crippen LogP contribution is 2.31. The highest BCUT2D eigenvalue weighted by Gasteiger charge is 2.48. The normalized spacial score (nSPS) is 24.2. The van der Waals surface area contributed by atoms with E-state index in [9.17, 15) is 4.79 Å². The van der Waals surface area contributed by atoms with Crippen LogP contribution in [0.2, 0.25) is 0 Å². The average Bonchev–Trinajstić information content (AvgIpc) is 2.92. The van der Waals surface area contributed by atoms with Gasteiger partial charge in [0.15, 0.2) is 6.29 Å². The second-order valence-electron chi connectivity index (χ2n) is 8.46. The minimum atomic E-state index is -0.707. The highest BCUT2D eigenvalue weighted by molar-refractivity contribution is 5.50. The Kier molecular flexibility index (Phi) is 9.57. The van der Waals surface area contributed by atoms with Crippen molar-refractivity contribution < 1.29 is 28.5 Å². The minimum absolute atomic E-state index is 0.163. The molecule has 35 heavy (non-hydrogen) atoms. The summed E-state index contributed by atoms with van der Waals surface area (Å²) in [5, 5.41) is 0. The van der Waals surface area contributed by atoms with E-state index in [0.29, 0.717) is 19.8 Å². The largest absolute Gasteiger partial charge is 0.368 e. The summed E-state index contributed by atoms with van der Waals surface area (Å²) in [6, 6.07) is 29.8. The molecule has 6 heteroatoms. The van der Waals surface area contributed by atoms with Crippen molar-refractivity contribution in [2.24, 2.45) is 0 Å². The van der Waals surface area contributed by atoms with Gasteiger partial charge in [0.05, 0.1) is 25.9 Å². The maximum Gasteiger partial charge on any atom is 0.186 e. The molecule has 0 aliphatic carbocycles. The zero-order chi connectivity index (χ0) is 24.3. The molecule has 1 saturated heterocycles. The van der Waals surface area contributed by atoms with Crippen molar-refractivity contribution in [2.45, 2.75) is 56.9 Å². The van der Waals surface area contributed by atoms with E-state index < -0.39 is 30.7 Å². The molecular formula is C29H32O6. The Morgan fingerprint density at radius 3 is 1.51 bits per heavy atom. The van der Waals surface area contributed by atoms with Crippen molar-refractivity contribution in [1.29, 1.82) is 0 Å². The van der Waals surface area contributed by atoms with Gasteiger partial charge in [-0.3, -0.25) is 0 Å². The maximum absolute atomic E-state index is 11.5. The number of hydrogen-bond donors (Lipinski definition) is 0. The lowest BCUT2D eigenvalue weighted by atomic mass is 9.96. The Labute approximate surface area is 206 Å². The van der Waals surface area contributed by atoms with Crippen molar-refractivity contribution in [3.8, 4) is 0 Å². The van der Waals surface area contributed by atoms with Gasteiger partial charge in [-0.15, -0.1) is 0 Å². The summed E-state index contributed by atoms with van der Waals surface area (Å²) in [5.74, 6) is 0. The van der Waals surface area contributed by atoms with E-state index in [-0.39, 0.29) is 6.42 Å². The van der Waals surface area contributed by atoms with Crippen LogP contribution in [0.15, 0.2) is 91.0 Å². The van der Waals surface area contributed by atoms with Gasteiger partial charge < -0.3 is 28.5 Å². The van der Waals surface area contributed by atoms with Crippen LogP contribution < -0.4 is 0 Å². The van der Waals surface area contributed by atoms with Crippen LogP contribution in [0.25, 0.3) is 0 Å². The van der Waals surface area contributed by atoms with Gasteiger partial charge in [-0.05, 0) is 16.7 Å². The topological polar surface area (TPSA) is 63.2 Å². The number of carbonyl (C=O) groups excluding carboxylic acids is 1. The fourth-order valence-electron chi connectivity index (χ4n) is 4.22. The first-order valence-electron chi connectivity index (χ1n) is 11.9. The number of methoxy groups -OCH3 is 1. The fraction of sp³-hybridized carbons (Fsp3) is 0.345. The summed E-state index contributed by atoms with van der Waals surface area (Å²) in [4.78, 5) is 11.5. The molecule has 1 aliphatic rings. The number of rotatable bonds is 12. The van der Waals surface area contributed by atoms with Crippen molar-refractivity contribution >= 4 is 6.29 Å². The molecule has 1 fully saturated rings. The molecule has 6 nitrogen and oxygen atoms in total. The quantitative estimate of drug-likeness (QED) is 0.353. The second kappa shape index (κ2) is 13.3. The minimum Gasteiger partial charge on any atom is -0.368 e. The van der Waals surface area contributed by atoms with Gasteiger partial charge in [0, 0.05) is 13.5 Å². The molecule has 1 aliphatic heterocycles. The third-order valence-corrected chi connectivity index (χ3v) is 6.01. The first-order valence-corrected chi connectivity index (χ1v) is 11.9. The molecule has 0 aromatic heterocycles. The number of hydrogen-bond acceptors (Lipinski definition) is 6. The lowest BCUT2D eigenvalue weighted by Crippen LogP contribution is -2.60. The van der Waals surface area contributed by atoms with Crippen LogP contribution in [0.1, 0.15) is 23.1 Å². The molecule has 0 amide bonds. The molecule has 0 bridgehead atoms. The third-order valence-electron chi connectivity index (χ3n) is 6.01. The molecule has 0 unspecified atom stereocenters. The van der Waals surface area contributed by atoms with Gasteiger partial charge in [0.25, 0.3) is 0 Å². The van der Waals surface area contributed by atoms with Gasteiger partial charge in [-0.25, -0.2) is 0 Å². The van der Waals surface area contributed by atoms with Crippen molar-refractivity contribution in [1.82, 2.24) is 0 Å². The first-order chi connectivity index (χ1) is 17.3. The van der Waals surface area contributed by atoms with E-state index in [0.717, 1.165) is 23.0 Å². The summed E-state index contributed by atoms with van der Waals surface area (Å²) in [5.41, 5.74) is 3.08. The zero-order valence-corrected chi connectivity index (χ0v) is 19.9. The van der Waals surface area contributed by atoms with Gasteiger partial charge >= 0.3 is 0 Å². The standard InChI is InChI=1S/C29H32O6/c1-31-29-28(34-21-24-15-9-4-10-16-24)27(33-20-23-13-7-3-8-14-23)26(25(35-29)17-18-30)32-19-22-11-5-2-6-12-22/h2-16,18,25-29H,17,19-21H2,1H3/t25-,26-,27+,28-,29-/m1/s1. The second-order valence-corrected chi connectivity index (χ2v) is 8.46. The number of aldehydes is 1. The van der Waals surface area contributed by atoms with E-state index in [1.165, 1.54) is 0 Å². The maximum atomic E-state index is 11.5. The fourth-order valence-corrected chi connectivity index (χ4v) is 4.22. The molecule has 0 radical (unpaired) electrons. The van der Waals surface area contributed by atoms with Crippen LogP contribution in [0.3, 0.4) is 0 Å². The molecular weight excluding hydrogens is 444 g/mol. The van der Waals surface area contributed by atoms with Gasteiger partial charge in [-0.2, -0.15) is 0 Å². The van der Waals surface area contributed by atoms with Crippen molar-refractivity contribution in [2.75, 3.05) is 7.11 Å². The lowest BCUT2D eigenvalue weighted by Gasteiger charge is -2.45. The molecule has 0 N–H and O–H groups in total. The van der Waals surface area contributed by atoms with Crippen molar-refractivity contribution in [3.63, 3.8) is 0 Å². The Bertz CT molecular complexity index is 997. The molecule has 3 aromatic carbocycles. The monoisotopic (exact) mass is 476 g/mol. The van der Waals surface area contributed by atoms with E-state index in [4.69, 9.17) is 23.7 Å². The smallest absolute Gasteiger partial charge is 0.186 e. The van der Waals surface area contributed by atoms with Gasteiger partial charge in [0.1, 0.15) is 24.6 Å². The van der Waals surface area contributed by atoms with E-state index in [1.54, 1.807) is 7.11 Å². The molecule has 4 rings (SSSR count). The average molecular weight is 477 g/mol. The molecule has 0 saturated carbocycles. The summed E-state index contributed by atoms with van der Waals surface area (Å²) < 4.78 is 31.0. The number of benzene rings is 3. The van der Waals surface area contributed by atoms with Crippen LogP contribution in [0, 0.1) is 0 Å². The highest BCUT2D eigenvalue weighted by atomic mass is 16.7. The van der Waals surface area contributed by atoms with Crippen LogP contribution in [-0.4, -0.2) is 44.1 Å². The summed E-state index contributed by atoms with van der Waals surface area (Å²) >= 11 is 0. The van der Waals surface area contributed by atoms with Gasteiger partial charge in [0.2, 0.25) is 0 Å². The number of carbonyl (C=O) groups is 1. The Morgan fingerprint density at radius 2 is 1.09 bits per heavy atom. The first kappa shape index (κ1) is 25.2. The van der Waals surface area contributed by atoms with Crippen molar-refractivity contribution in [3.05, 3.63) is 108 Å². The lowest BCUT2D eigenvalue weighted by molar-refractivity contribution is -0.317. The van der Waals surface area contributed by atoms with Crippen LogP contribution >= 0.6 is 0 Å². The third kappa shape index (κ3) is 7.07. The zero-order valence-electron chi connectivity index (χ0n) is 19.9. The summed E-state index contributed by atoms with van der Waals surface area (Å²) in [6.45, 7) is 1.09. The Morgan fingerprint density at radius 1 is 0.657 bits per heavy atom. The summed E-state index contributed by atoms with van der Waals surface area (Å²) in [6.07, 6.45) is -1.85. The summed E-state index contributed by atoms with van der Waals surface area (Å²) in [7, 11) is 1.57. The predicted molar refractivity (Wildman–Crippen MR) is 131 cm³/mol. The molecule has 0 spiro atoms. The van der Waals surface area contributed by atoms with E-state index >= 15 is 0 Å². The molecule has 1 heterocycles. The van der Waals surface area contributed by atoms with E-state index in [1.807, 2.05) is 91.0 Å². The Balaban J connectivity index is 1.58. The van der Waals surface area contributed by atoms with E-state index in [2.05, 4.69) is 0 Å². The molecule has 5 atom stereocenters. The molecule has 184 valence electrons. The molecule has 3 aromatic rings. The van der Waals surface area contributed by atoms with Crippen LogP contribution in [-0.2, 0) is 48.3 Å². The predicted octanol–water partition coefficient (Wildman–Crippen LogP) is 4.70. The Hall–Kier alpha value is -2.87. The van der Waals surface area contributed by atoms with Gasteiger partial charge in [-0.1, -0.05) is 91.0 Å². The number of ether oxygens (including phenoxy) is 5. The van der Waals surface area contributed by atoms with Crippen LogP contribution in [0.5, 0.6) is 0 Å². The van der Waals surface area contributed by atoms with Crippen LogP contribution in [0.4, 0.5) is 0 Å². The SMILES string of the molecule is CO[C@@H]1O[C@H](CC=O)[C@@H](OCc2ccccc2)[C@H](OCc2ccccc2)[C@H]1OCc1ccccc1.